The molecule has 0 N–H and O–H groups in total. The Morgan fingerprint density at radius 3 is 2.54 bits per heavy atom. The lowest BCUT2D eigenvalue weighted by Crippen LogP contribution is -2.21. The predicted molar refractivity (Wildman–Crippen MR) is 89.6 cm³/mol. The van der Waals surface area contributed by atoms with Crippen LogP contribution >= 0.6 is 23.7 Å². The highest BCUT2D eigenvalue weighted by atomic mass is 35.5. The monoisotopic (exact) mass is 404 g/mol. The Balaban J connectivity index is 0.00000288. The van der Waals surface area contributed by atoms with E-state index in [9.17, 15) is 21.6 Å². The standard InChI is InChI=1S/C13H15F3N2O3S2.ClH/c1-3-23(19,20)7-6-18-10-5-4-9(21-13(14,15)16)8-11(10)22-12(18)17-2;/h4-5,8H,3,6-7H2,1-2H3;1H. The van der Waals surface area contributed by atoms with Crippen molar-refractivity contribution < 1.29 is 26.3 Å². The van der Waals surface area contributed by atoms with Crippen LogP contribution in [0.1, 0.15) is 6.92 Å². The minimum absolute atomic E-state index is 0. The summed E-state index contributed by atoms with van der Waals surface area (Å²) in [5.74, 6) is -0.330. The van der Waals surface area contributed by atoms with Crippen LogP contribution in [0.2, 0.25) is 0 Å². The molecule has 5 nitrogen and oxygen atoms in total. The second-order valence-electron chi connectivity index (χ2n) is 4.67. The molecular weight excluding hydrogens is 389 g/mol. The van der Waals surface area contributed by atoms with E-state index < -0.39 is 16.2 Å². The second kappa shape index (κ2) is 7.75. The first kappa shape index (κ1) is 20.8. The maximum atomic E-state index is 12.3. The van der Waals surface area contributed by atoms with Crippen molar-refractivity contribution >= 4 is 43.8 Å². The van der Waals surface area contributed by atoms with Crippen molar-refractivity contribution in [2.24, 2.45) is 4.99 Å². The van der Waals surface area contributed by atoms with E-state index in [1.165, 1.54) is 29.5 Å². The highest BCUT2D eigenvalue weighted by Crippen LogP contribution is 2.27. The molecule has 0 bridgehead atoms. The summed E-state index contributed by atoms with van der Waals surface area (Å²) in [6.45, 7) is 1.76. The molecular formula is C13H16ClF3N2O3S2. The molecule has 0 saturated carbocycles. The Hall–Kier alpha value is -1.26. The van der Waals surface area contributed by atoms with Crippen molar-refractivity contribution in [1.29, 1.82) is 0 Å². The number of hydrogen-bond donors (Lipinski definition) is 0. The van der Waals surface area contributed by atoms with E-state index in [2.05, 4.69) is 9.73 Å². The fraction of sp³-hybridized carbons (Fsp3) is 0.462. The van der Waals surface area contributed by atoms with Gasteiger partial charge in [0, 0.05) is 19.3 Å². The third-order valence-corrected chi connectivity index (χ3v) is 5.96. The molecule has 24 heavy (non-hydrogen) atoms. The van der Waals surface area contributed by atoms with E-state index in [-0.39, 0.29) is 36.2 Å². The number of aromatic nitrogens is 1. The van der Waals surface area contributed by atoms with E-state index >= 15 is 0 Å². The summed E-state index contributed by atoms with van der Waals surface area (Å²) in [5, 5.41) is 0. The molecule has 0 fully saturated rings. The molecule has 1 heterocycles. The van der Waals surface area contributed by atoms with Crippen LogP contribution in [0.4, 0.5) is 13.2 Å². The van der Waals surface area contributed by atoms with Gasteiger partial charge >= 0.3 is 6.36 Å². The zero-order valence-electron chi connectivity index (χ0n) is 12.8. The smallest absolute Gasteiger partial charge is 0.406 e. The molecule has 0 atom stereocenters. The highest BCUT2D eigenvalue weighted by molar-refractivity contribution is 7.91. The highest BCUT2D eigenvalue weighted by Gasteiger charge is 2.31. The lowest BCUT2D eigenvalue weighted by atomic mass is 10.3. The Kier molecular flexibility index (Phi) is 6.71. The Labute approximate surface area is 147 Å². The van der Waals surface area contributed by atoms with Gasteiger partial charge in [0.15, 0.2) is 14.6 Å². The molecule has 0 spiro atoms. The maximum Gasteiger partial charge on any atom is 0.573 e. The molecule has 1 aromatic heterocycles. The van der Waals surface area contributed by atoms with E-state index in [0.717, 1.165) is 0 Å². The largest absolute Gasteiger partial charge is 0.573 e. The van der Waals surface area contributed by atoms with E-state index in [0.29, 0.717) is 15.0 Å². The van der Waals surface area contributed by atoms with Gasteiger partial charge in [0.1, 0.15) is 5.75 Å². The van der Waals surface area contributed by atoms with Gasteiger partial charge in [0.25, 0.3) is 0 Å². The molecule has 2 rings (SSSR count). The topological polar surface area (TPSA) is 60.7 Å². The first-order valence-electron chi connectivity index (χ1n) is 6.67. The minimum atomic E-state index is -4.76. The van der Waals surface area contributed by atoms with Crippen molar-refractivity contribution in [3.8, 4) is 5.75 Å². The second-order valence-corrected chi connectivity index (χ2v) is 8.16. The van der Waals surface area contributed by atoms with Crippen molar-refractivity contribution in [1.82, 2.24) is 4.57 Å². The minimum Gasteiger partial charge on any atom is -0.406 e. The quantitative estimate of drug-likeness (QED) is 0.769. The van der Waals surface area contributed by atoms with Crippen LogP contribution in [0.5, 0.6) is 5.75 Å². The van der Waals surface area contributed by atoms with Crippen LogP contribution in [0.25, 0.3) is 10.2 Å². The number of sulfone groups is 1. The Morgan fingerprint density at radius 2 is 2.00 bits per heavy atom. The number of aryl methyl sites for hydroxylation is 1. The molecule has 0 saturated heterocycles. The fourth-order valence-electron chi connectivity index (χ4n) is 2.01. The summed E-state index contributed by atoms with van der Waals surface area (Å²) in [7, 11) is -1.61. The van der Waals surface area contributed by atoms with Crippen LogP contribution in [-0.4, -0.2) is 37.9 Å². The number of fused-ring (bicyclic) bond motifs is 1. The Bertz CT molecular complexity index is 873. The van der Waals surface area contributed by atoms with E-state index in [1.54, 1.807) is 18.5 Å². The number of thiazole rings is 1. The number of ether oxygens (including phenoxy) is 1. The Morgan fingerprint density at radius 1 is 1.33 bits per heavy atom. The first-order chi connectivity index (χ1) is 10.6. The summed E-state index contributed by atoms with van der Waals surface area (Å²) in [5.41, 5.74) is 0.622. The van der Waals surface area contributed by atoms with Gasteiger partial charge in [0.05, 0.1) is 16.0 Å². The van der Waals surface area contributed by atoms with Gasteiger partial charge < -0.3 is 9.30 Å². The van der Waals surface area contributed by atoms with Crippen molar-refractivity contribution in [2.75, 3.05) is 18.6 Å². The number of alkyl halides is 3. The van der Waals surface area contributed by atoms with Crippen LogP contribution < -0.4 is 9.54 Å². The molecule has 1 aromatic carbocycles. The third-order valence-electron chi connectivity index (χ3n) is 3.14. The van der Waals surface area contributed by atoms with Gasteiger partial charge in [-0.3, -0.25) is 4.99 Å². The third kappa shape index (κ3) is 5.12. The van der Waals surface area contributed by atoms with Crippen molar-refractivity contribution in [3.05, 3.63) is 23.0 Å². The summed E-state index contributed by atoms with van der Waals surface area (Å²) in [4.78, 5) is 4.60. The number of hydrogen-bond acceptors (Lipinski definition) is 5. The van der Waals surface area contributed by atoms with Crippen LogP contribution in [0.15, 0.2) is 23.2 Å². The van der Waals surface area contributed by atoms with Crippen LogP contribution in [0.3, 0.4) is 0 Å². The molecule has 0 aliphatic heterocycles. The predicted octanol–water partition coefficient (Wildman–Crippen LogP) is 2.99. The van der Waals surface area contributed by atoms with Gasteiger partial charge in [-0.15, -0.1) is 25.6 Å². The molecule has 11 heteroatoms. The molecule has 0 aliphatic carbocycles. The number of nitrogens with zero attached hydrogens (tertiary/aromatic N) is 2. The number of rotatable bonds is 5. The number of halogens is 4. The van der Waals surface area contributed by atoms with Gasteiger partial charge in [-0.05, 0) is 18.2 Å². The molecule has 2 aromatic rings. The van der Waals surface area contributed by atoms with Crippen molar-refractivity contribution in [3.63, 3.8) is 0 Å². The first-order valence-corrected chi connectivity index (χ1v) is 9.31. The van der Waals surface area contributed by atoms with Gasteiger partial charge in [-0.25, -0.2) is 8.42 Å². The summed E-state index contributed by atoms with van der Waals surface area (Å²) in [6, 6.07) is 3.94. The fourth-order valence-corrected chi connectivity index (χ4v) is 3.81. The van der Waals surface area contributed by atoms with Gasteiger partial charge in [0.2, 0.25) is 0 Å². The van der Waals surface area contributed by atoms with Crippen molar-refractivity contribution in [2.45, 2.75) is 19.8 Å². The summed E-state index contributed by atoms with van der Waals surface area (Å²) >= 11 is 1.18. The van der Waals surface area contributed by atoms with Gasteiger partial charge in [-0.1, -0.05) is 18.3 Å². The molecule has 0 unspecified atom stereocenters. The van der Waals surface area contributed by atoms with E-state index in [4.69, 9.17) is 0 Å². The summed E-state index contributed by atoms with van der Waals surface area (Å²) < 4.78 is 66.3. The van der Waals surface area contributed by atoms with Crippen LogP contribution in [-0.2, 0) is 16.4 Å². The molecule has 0 radical (unpaired) electrons. The zero-order valence-corrected chi connectivity index (χ0v) is 15.3. The van der Waals surface area contributed by atoms with E-state index in [1.807, 2.05) is 0 Å². The normalized spacial score (nSPS) is 13.1. The summed E-state index contributed by atoms with van der Waals surface area (Å²) in [6.07, 6.45) is -4.76. The lowest BCUT2D eigenvalue weighted by Gasteiger charge is -2.09. The number of benzene rings is 1. The molecule has 0 aliphatic rings. The molecule has 136 valence electrons. The average molecular weight is 405 g/mol. The average Bonchev–Trinajstić information content (AvgIpc) is 2.80. The zero-order chi connectivity index (χ0) is 17.3. The SMILES string of the molecule is CCS(=O)(=O)CCn1c(=NC)sc2cc(OC(F)(F)F)ccc21.Cl. The van der Waals surface area contributed by atoms with Gasteiger partial charge in [-0.2, -0.15) is 0 Å². The lowest BCUT2D eigenvalue weighted by molar-refractivity contribution is -0.274. The molecule has 0 amide bonds. The maximum absolute atomic E-state index is 12.3. The van der Waals surface area contributed by atoms with Crippen LogP contribution in [0, 0.1) is 0 Å².